The van der Waals surface area contributed by atoms with Crippen molar-refractivity contribution < 1.29 is 13.6 Å². The fourth-order valence-electron chi connectivity index (χ4n) is 2.30. The van der Waals surface area contributed by atoms with Crippen molar-refractivity contribution in [2.75, 3.05) is 19.6 Å². The van der Waals surface area contributed by atoms with Crippen LogP contribution in [0.4, 0.5) is 8.78 Å². The van der Waals surface area contributed by atoms with E-state index in [4.69, 9.17) is 0 Å². The lowest BCUT2D eigenvalue weighted by Crippen LogP contribution is -2.28. The molecule has 1 heterocycles. The molecule has 0 aliphatic carbocycles. The van der Waals surface area contributed by atoms with Gasteiger partial charge in [0.1, 0.15) is 0 Å². The van der Waals surface area contributed by atoms with Gasteiger partial charge < -0.3 is 10.6 Å². The topological polar surface area (TPSA) is 41.1 Å². The molecule has 1 unspecified atom stereocenters. The first-order valence-corrected chi connectivity index (χ1v) is 6.57. The first-order chi connectivity index (χ1) is 9.16. The van der Waals surface area contributed by atoms with E-state index in [9.17, 15) is 13.6 Å². The molecule has 1 atom stereocenters. The fraction of sp³-hybridized carbons (Fsp3) is 0.500. The van der Waals surface area contributed by atoms with Gasteiger partial charge in [-0.1, -0.05) is 12.1 Å². The predicted molar refractivity (Wildman–Crippen MR) is 68.7 cm³/mol. The summed E-state index contributed by atoms with van der Waals surface area (Å²) in [6, 6.07) is 3.88. The van der Waals surface area contributed by atoms with Crippen molar-refractivity contribution in [2.45, 2.75) is 19.3 Å². The van der Waals surface area contributed by atoms with Gasteiger partial charge in [-0.15, -0.1) is 0 Å². The highest BCUT2D eigenvalue weighted by molar-refractivity contribution is 5.78. The zero-order valence-electron chi connectivity index (χ0n) is 10.7. The maximum absolute atomic E-state index is 13.4. The number of carbonyl (C=O) groups is 1. The Hall–Kier alpha value is -1.49. The van der Waals surface area contributed by atoms with Gasteiger partial charge in [0.15, 0.2) is 11.6 Å². The smallest absolute Gasteiger partial charge is 0.224 e. The van der Waals surface area contributed by atoms with Crippen LogP contribution in [-0.2, 0) is 11.2 Å². The summed E-state index contributed by atoms with van der Waals surface area (Å²) in [4.78, 5) is 11.6. The number of amides is 1. The van der Waals surface area contributed by atoms with Crippen molar-refractivity contribution in [2.24, 2.45) is 5.92 Å². The molecule has 1 aromatic carbocycles. The Morgan fingerprint density at radius 2 is 2.26 bits per heavy atom. The van der Waals surface area contributed by atoms with Crippen molar-refractivity contribution in [3.63, 3.8) is 0 Å². The average molecular weight is 268 g/mol. The number of nitrogens with one attached hydrogen (secondary N) is 2. The second-order valence-electron chi connectivity index (χ2n) is 4.89. The van der Waals surface area contributed by atoms with E-state index in [-0.39, 0.29) is 17.9 Å². The molecule has 2 N–H and O–H groups in total. The minimum atomic E-state index is -0.933. The van der Waals surface area contributed by atoms with Gasteiger partial charge in [-0.05, 0) is 37.9 Å². The molecule has 0 saturated carbocycles. The van der Waals surface area contributed by atoms with Crippen LogP contribution in [0.25, 0.3) is 0 Å². The summed E-state index contributed by atoms with van der Waals surface area (Å²) in [6.07, 6.45) is 1.94. The Morgan fingerprint density at radius 3 is 3.00 bits per heavy atom. The molecular formula is C14H18F2N2O. The van der Waals surface area contributed by atoms with Crippen LogP contribution < -0.4 is 10.6 Å². The van der Waals surface area contributed by atoms with Gasteiger partial charge >= 0.3 is 0 Å². The summed E-state index contributed by atoms with van der Waals surface area (Å²) >= 11 is 0. The van der Waals surface area contributed by atoms with Crippen LogP contribution in [0.3, 0.4) is 0 Å². The second kappa shape index (κ2) is 6.61. The highest BCUT2D eigenvalue weighted by Crippen LogP contribution is 2.12. The lowest BCUT2D eigenvalue weighted by molar-refractivity contribution is -0.120. The van der Waals surface area contributed by atoms with Crippen molar-refractivity contribution in [3.05, 3.63) is 35.4 Å². The van der Waals surface area contributed by atoms with E-state index >= 15 is 0 Å². The van der Waals surface area contributed by atoms with Gasteiger partial charge in [0.2, 0.25) is 5.91 Å². The summed E-state index contributed by atoms with van der Waals surface area (Å²) in [7, 11) is 0. The van der Waals surface area contributed by atoms with Gasteiger partial charge in [0.25, 0.3) is 0 Å². The highest BCUT2D eigenvalue weighted by atomic mass is 19.2. The Labute approximate surface area is 111 Å². The van der Waals surface area contributed by atoms with Crippen LogP contribution in [0.5, 0.6) is 0 Å². The minimum absolute atomic E-state index is 0.0973. The standard InChI is InChI=1S/C14H18F2N2O/c15-12-3-1-2-11(14(12)16)8-13(19)18-7-5-10-4-6-17-9-10/h1-3,10,17H,4-9H2,(H,18,19). The summed E-state index contributed by atoms with van der Waals surface area (Å²) in [5.41, 5.74) is 0.0973. The number of hydrogen-bond acceptors (Lipinski definition) is 2. The van der Waals surface area contributed by atoms with Crippen LogP contribution >= 0.6 is 0 Å². The summed E-state index contributed by atoms with van der Waals surface area (Å²) in [5.74, 6) is -1.51. The van der Waals surface area contributed by atoms with E-state index in [0.29, 0.717) is 12.5 Å². The summed E-state index contributed by atoms with van der Waals surface area (Å²) in [5, 5.41) is 6.01. The quantitative estimate of drug-likeness (QED) is 0.852. The van der Waals surface area contributed by atoms with Gasteiger partial charge in [-0.25, -0.2) is 8.78 Å². The molecule has 5 heteroatoms. The molecule has 1 aromatic rings. The number of benzene rings is 1. The largest absolute Gasteiger partial charge is 0.356 e. The zero-order valence-corrected chi connectivity index (χ0v) is 10.7. The molecule has 3 nitrogen and oxygen atoms in total. The molecule has 0 aromatic heterocycles. The number of carbonyl (C=O) groups excluding carboxylic acids is 1. The number of hydrogen-bond donors (Lipinski definition) is 2. The summed E-state index contributed by atoms with van der Waals surface area (Å²) < 4.78 is 26.3. The molecule has 1 amide bonds. The highest BCUT2D eigenvalue weighted by Gasteiger charge is 2.15. The lowest BCUT2D eigenvalue weighted by Gasteiger charge is -2.09. The van der Waals surface area contributed by atoms with E-state index in [0.717, 1.165) is 32.0 Å². The lowest BCUT2D eigenvalue weighted by atomic mass is 10.1. The van der Waals surface area contributed by atoms with Gasteiger partial charge in [0, 0.05) is 12.1 Å². The Balaban J connectivity index is 1.76. The van der Waals surface area contributed by atoms with Crippen molar-refractivity contribution in [3.8, 4) is 0 Å². The van der Waals surface area contributed by atoms with Crippen molar-refractivity contribution >= 4 is 5.91 Å². The molecule has 104 valence electrons. The second-order valence-corrected chi connectivity index (χ2v) is 4.89. The van der Waals surface area contributed by atoms with Crippen molar-refractivity contribution in [1.29, 1.82) is 0 Å². The van der Waals surface area contributed by atoms with Crippen LogP contribution in [-0.4, -0.2) is 25.5 Å². The van der Waals surface area contributed by atoms with Gasteiger partial charge in [-0.2, -0.15) is 0 Å². The van der Waals surface area contributed by atoms with Crippen LogP contribution in [0, 0.1) is 17.6 Å². The fourth-order valence-corrected chi connectivity index (χ4v) is 2.30. The van der Waals surface area contributed by atoms with Crippen LogP contribution in [0.1, 0.15) is 18.4 Å². The number of rotatable bonds is 5. The third-order valence-corrected chi connectivity index (χ3v) is 3.42. The molecule has 1 fully saturated rings. The average Bonchev–Trinajstić information content (AvgIpc) is 2.88. The first kappa shape index (κ1) is 13.9. The molecule has 1 aliphatic rings. The maximum atomic E-state index is 13.4. The molecule has 0 radical (unpaired) electrons. The molecule has 1 saturated heterocycles. The SMILES string of the molecule is O=C(Cc1cccc(F)c1F)NCCC1CCNC1. The van der Waals surface area contributed by atoms with E-state index in [1.807, 2.05) is 0 Å². The Kier molecular flexibility index (Phi) is 4.85. The van der Waals surface area contributed by atoms with Gasteiger partial charge in [-0.3, -0.25) is 4.79 Å². The van der Waals surface area contributed by atoms with Crippen molar-refractivity contribution in [1.82, 2.24) is 10.6 Å². The molecule has 1 aliphatic heterocycles. The van der Waals surface area contributed by atoms with E-state index in [1.54, 1.807) is 0 Å². The third kappa shape index (κ3) is 3.99. The Bertz CT molecular complexity index is 445. The van der Waals surface area contributed by atoms with E-state index < -0.39 is 11.6 Å². The van der Waals surface area contributed by atoms with E-state index in [2.05, 4.69) is 10.6 Å². The minimum Gasteiger partial charge on any atom is -0.356 e. The number of halogens is 2. The zero-order chi connectivity index (χ0) is 13.7. The van der Waals surface area contributed by atoms with Crippen LogP contribution in [0.2, 0.25) is 0 Å². The Morgan fingerprint density at radius 1 is 1.42 bits per heavy atom. The molecular weight excluding hydrogens is 250 g/mol. The van der Waals surface area contributed by atoms with Gasteiger partial charge in [0.05, 0.1) is 6.42 Å². The molecule has 0 bridgehead atoms. The molecule has 19 heavy (non-hydrogen) atoms. The van der Waals surface area contributed by atoms with Crippen LogP contribution in [0.15, 0.2) is 18.2 Å². The third-order valence-electron chi connectivity index (χ3n) is 3.42. The first-order valence-electron chi connectivity index (χ1n) is 6.57. The predicted octanol–water partition coefficient (Wildman–Crippen LogP) is 1.62. The monoisotopic (exact) mass is 268 g/mol. The molecule has 2 rings (SSSR count). The maximum Gasteiger partial charge on any atom is 0.224 e. The summed E-state index contributed by atoms with van der Waals surface area (Å²) in [6.45, 7) is 2.61. The van der Waals surface area contributed by atoms with E-state index in [1.165, 1.54) is 12.1 Å². The normalized spacial score (nSPS) is 18.5. The molecule has 0 spiro atoms.